The topological polar surface area (TPSA) is 105 Å². The van der Waals surface area contributed by atoms with E-state index in [2.05, 4.69) is 89.7 Å². The quantitative estimate of drug-likeness (QED) is 0.135. The van der Waals surface area contributed by atoms with Gasteiger partial charge in [-0.2, -0.15) is 5.10 Å². The third kappa shape index (κ3) is 7.30. The Morgan fingerprint density at radius 3 is 1.77 bits per heavy atom. The largest absolute Gasteiger partial charge is 0.486 e. The van der Waals surface area contributed by atoms with E-state index in [0.29, 0.717) is 5.75 Å². The van der Waals surface area contributed by atoms with Crippen LogP contribution in [-0.4, -0.2) is 38.6 Å². The van der Waals surface area contributed by atoms with Crippen LogP contribution in [0, 0.1) is 5.41 Å². The molecule has 8 heteroatoms. The summed E-state index contributed by atoms with van der Waals surface area (Å²) in [6.07, 6.45) is 4.53. The van der Waals surface area contributed by atoms with E-state index >= 15 is 0 Å². The van der Waals surface area contributed by atoms with Crippen molar-refractivity contribution >= 4 is 6.09 Å². The minimum Gasteiger partial charge on any atom is -0.486 e. The lowest BCUT2D eigenvalue weighted by Gasteiger charge is -2.36. The van der Waals surface area contributed by atoms with Gasteiger partial charge in [0.15, 0.2) is 0 Å². The molecule has 0 aliphatic heterocycles. The molecule has 7 rings (SSSR count). The Morgan fingerprint density at radius 1 is 0.679 bits per heavy atom. The van der Waals surface area contributed by atoms with E-state index < -0.39 is 17.7 Å². The van der Waals surface area contributed by atoms with Gasteiger partial charge >= 0.3 is 6.09 Å². The van der Waals surface area contributed by atoms with Crippen molar-refractivity contribution in [1.29, 1.82) is 0 Å². The molecule has 3 heterocycles. The number of ether oxygens (including phenoxy) is 2. The highest BCUT2D eigenvalue weighted by Crippen LogP contribution is 2.43. The lowest BCUT2D eigenvalue weighted by molar-refractivity contribution is 0.0240. The van der Waals surface area contributed by atoms with Gasteiger partial charge in [-0.15, -0.1) is 0 Å². The summed E-state index contributed by atoms with van der Waals surface area (Å²) in [5, 5.41) is 5.42. The maximum absolute atomic E-state index is 11.3. The molecule has 1 atom stereocenters. The number of carbonyl (C=O) groups is 1. The molecule has 53 heavy (non-hydrogen) atoms. The highest BCUT2D eigenvalue weighted by Gasteiger charge is 2.40. The van der Waals surface area contributed by atoms with Gasteiger partial charge < -0.3 is 15.2 Å². The van der Waals surface area contributed by atoms with Crippen LogP contribution in [0.3, 0.4) is 0 Å². The first-order valence-electron chi connectivity index (χ1n) is 17.6. The summed E-state index contributed by atoms with van der Waals surface area (Å²) in [4.78, 5) is 20.8. The number of carbonyl (C=O) groups excluding carboxylic acids is 1. The first-order valence-corrected chi connectivity index (χ1v) is 17.6. The average molecular weight is 700 g/mol. The molecule has 3 aromatic heterocycles. The molecule has 1 unspecified atom stereocenters. The van der Waals surface area contributed by atoms with Gasteiger partial charge in [0.2, 0.25) is 0 Å². The van der Waals surface area contributed by atoms with Crippen LogP contribution in [-0.2, 0) is 10.3 Å². The van der Waals surface area contributed by atoms with Gasteiger partial charge in [-0.25, -0.2) is 4.79 Å². The first-order chi connectivity index (χ1) is 25.7. The smallest absolute Gasteiger partial charge is 0.404 e. The Labute approximate surface area is 309 Å². The Balaban J connectivity index is 1.34. The van der Waals surface area contributed by atoms with Crippen molar-refractivity contribution in [2.24, 2.45) is 11.1 Å². The van der Waals surface area contributed by atoms with Gasteiger partial charge in [0.1, 0.15) is 29.7 Å². The van der Waals surface area contributed by atoms with Crippen LogP contribution in [0.25, 0.3) is 33.8 Å². The standard InChI is InChI=1S/C45H41N5O3/c1-44(2,3)41(31-52-43(46)51)53-37-24-22-32(23-25-37)40-29-33(26-28-48-40)38-30-50(49-42(38)39-21-13-14-27-47-39)45(34-15-7-4-8-16-34,35-17-9-5-10-18-35)36-19-11-6-12-20-36/h4-30,41H,31H2,1-3H3,(H2,46,51). The van der Waals surface area contributed by atoms with Gasteiger partial charge in [-0.05, 0) is 70.8 Å². The van der Waals surface area contributed by atoms with Gasteiger partial charge in [0.05, 0.1) is 11.4 Å². The predicted molar refractivity (Wildman–Crippen MR) is 208 cm³/mol. The Morgan fingerprint density at radius 2 is 1.25 bits per heavy atom. The van der Waals surface area contributed by atoms with E-state index in [1.807, 2.05) is 93.7 Å². The number of aromatic nitrogens is 4. The van der Waals surface area contributed by atoms with Crippen LogP contribution >= 0.6 is 0 Å². The van der Waals surface area contributed by atoms with Crippen molar-refractivity contribution in [3.8, 4) is 39.5 Å². The molecule has 0 bridgehead atoms. The van der Waals surface area contributed by atoms with Crippen LogP contribution in [0.5, 0.6) is 5.75 Å². The van der Waals surface area contributed by atoms with E-state index in [0.717, 1.165) is 50.5 Å². The minimum absolute atomic E-state index is 0.0522. The average Bonchev–Trinajstić information content (AvgIpc) is 3.64. The second-order valence-corrected chi connectivity index (χ2v) is 13.9. The fourth-order valence-corrected chi connectivity index (χ4v) is 6.63. The minimum atomic E-state index is -0.827. The monoisotopic (exact) mass is 699 g/mol. The van der Waals surface area contributed by atoms with Gasteiger partial charge in [-0.3, -0.25) is 14.6 Å². The summed E-state index contributed by atoms with van der Waals surface area (Å²) in [7, 11) is 0. The first kappa shape index (κ1) is 34.9. The fourth-order valence-electron chi connectivity index (χ4n) is 6.63. The summed E-state index contributed by atoms with van der Waals surface area (Å²) >= 11 is 0. The number of pyridine rings is 2. The van der Waals surface area contributed by atoms with E-state index in [1.54, 1.807) is 6.20 Å². The maximum atomic E-state index is 11.3. The summed E-state index contributed by atoms with van der Waals surface area (Å²) in [5.74, 6) is 0.649. The summed E-state index contributed by atoms with van der Waals surface area (Å²) < 4.78 is 13.4. The molecule has 7 aromatic rings. The number of hydrogen-bond acceptors (Lipinski definition) is 6. The number of nitrogens with zero attached hydrogens (tertiary/aromatic N) is 4. The van der Waals surface area contributed by atoms with Crippen LogP contribution in [0.4, 0.5) is 4.79 Å². The second kappa shape index (κ2) is 15.0. The summed E-state index contributed by atoms with van der Waals surface area (Å²) in [6, 6.07) is 49.2. The van der Waals surface area contributed by atoms with E-state index in [4.69, 9.17) is 30.3 Å². The molecule has 0 saturated carbocycles. The molecule has 0 aliphatic rings. The highest BCUT2D eigenvalue weighted by molar-refractivity contribution is 5.81. The molecular weight excluding hydrogens is 659 g/mol. The molecular formula is C45H41N5O3. The molecule has 4 aromatic carbocycles. The molecule has 0 saturated heterocycles. The van der Waals surface area contributed by atoms with Crippen LogP contribution in [0.2, 0.25) is 0 Å². The van der Waals surface area contributed by atoms with Crippen LogP contribution in [0.15, 0.2) is 164 Å². The van der Waals surface area contributed by atoms with Crippen LogP contribution < -0.4 is 10.5 Å². The molecule has 0 radical (unpaired) electrons. The molecule has 2 N–H and O–H groups in total. The Hall–Kier alpha value is -6.54. The number of nitrogens with two attached hydrogens (primary N) is 1. The zero-order chi connectivity index (χ0) is 36.8. The van der Waals surface area contributed by atoms with Crippen molar-refractivity contribution in [2.75, 3.05) is 6.61 Å². The lowest BCUT2D eigenvalue weighted by Crippen LogP contribution is -2.38. The normalized spacial score (nSPS) is 12.2. The SMILES string of the molecule is CC(C)(C)C(COC(N)=O)Oc1ccc(-c2cc(-c3cn(C(c4ccccc4)(c4ccccc4)c4ccccc4)nc3-c3ccccn3)ccn2)cc1. The van der Waals surface area contributed by atoms with Crippen molar-refractivity contribution < 1.29 is 14.3 Å². The second-order valence-electron chi connectivity index (χ2n) is 13.9. The van der Waals surface area contributed by atoms with E-state index in [9.17, 15) is 4.79 Å². The van der Waals surface area contributed by atoms with E-state index in [-0.39, 0.29) is 12.0 Å². The summed E-state index contributed by atoms with van der Waals surface area (Å²) in [5.41, 5.74) is 12.4. The number of amides is 1. The lowest BCUT2D eigenvalue weighted by atomic mass is 9.77. The van der Waals surface area contributed by atoms with Crippen molar-refractivity contribution in [2.45, 2.75) is 32.4 Å². The number of benzene rings is 4. The van der Waals surface area contributed by atoms with Crippen molar-refractivity contribution in [1.82, 2.24) is 19.7 Å². The van der Waals surface area contributed by atoms with E-state index in [1.165, 1.54) is 0 Å². The predicted octanol–water partition coefficient (Wildman–Crippen LogP) is 9.40. The number of rotatable bonds is 11. The van der Waals surface area contributed by atoms with Gasteiger partial charge in [-0.1, -0.05) is 118 Å². The molecule has 0 fully saturated rings. The third-order valence-electron chi connectivity index (χ3n) is 9.38. The maximum Gasteiger partial charge on any atom is 0.404 e. The molecule has 0 aliphatic carbocycles. The number of hydrogen-bond donors (Lipinski definition) is 1. The molecule has 1 amide bonds. The highest BCUT2D eigenvalue weighted by atomic mass is 16.6. The third-order valence-corrected chi connectivity index (χ3v) is 9.38. The Kier molecular flexibility index (Phi) is 9.86. The van der Waals surface area contributed by atoms with Crippen molar-refractivity contribution in [3.63, 3.8) is 0 Å². The zero-order valence-electron chi connectivity index (χ0n) is 30.0. The fraction of sp³-hybridized carbons (Fsp3) is 0.156. The summed E-state index contributed by atoms with van der Waals surface area (Å²) in [6.45, 7) is 6.13. The van der Waals surface area contributed by atoms with Gasteiger partial charge in [0.25, 0.3) is 0 Å². The van der Waals surface area contributed by atoms with Gasteiger partial charge in [0, 0.05) is 35.1 Å². The molecule has 264 valence electrons. The zero-order valence-corrected chi connectivity index (χ0v) is 30.0. The van der Waals surface area contributed by atoms with Crippen molar-refractivity contribution in [3.05, 3.63) is 181 Å². The number of primary amides is 1. The van der Waals surface area contributed by atoms with Crippen LogP contribution in [0.1, 0.15) is 37.5 Å². The molecule has 0 spiro atoms. The Bertz CT molecular complexity index is 2170. The molecule has 8 nitrogen and oxygen atoms in total.